The van der Waals surface area contributed by atoms with Gasteiger partial charge in [-0.05, 0) is 61.0 Å². The number of carbonyl (C=O) groups excluding carboxylic acids is 2. The number of benzene rings is 2. The van der Waals surface area contributed by atoms with E-state index in [1.807, 2.05) is 30.3 Å². The molecule has 0 aliphatic carbocycles. The van der Waals surface area contributed by atoms with Crippen LogP contribution in [-0.4, -0.2) is 21.7 Å². The van der Waals surface area contributed by atoms with Gasteiger partial charge >= 0.3 is 0 Å². The van der Waals surface area contributed by atoms with E-state index in [-0.39, 0.29) is 17.9 Å². The first-order valence-electron chi connectivity index (χ1n) is 10.7. The highest BCUT2D eigenvalue weighted by molar-refractivity contribution is 6.15. The lowest BCUT2D eigenvalue weighted by molar-refractivity contribution is -0.130. The second-order valence-corrected chi connectivity index (χ2v) is 7.90. The van der Waals surface area contributed by atoms with E-state index in [1.165, 1.54) is 17.2 Å². The number of aryl methyl sites for hydroxylation is 1. The summed E-state index contributed by atoms with van der Waals surface area (Å²) in [7, 11) is 0. The summed E-state index contributed by atoms with van der Waals surface area (Å²) in [6.07, 6.45) is 1.50. The lowest BCUT2D eigenvalue weighted by atomic mass is 9.95. The number of nitrogens with zero attached hydrogens (tertiary/aromatic N) is 1. The third-order valence-corrected chi connectivity index (χ3v) is 5.57. The molecule has 2 aromatic carbocycles. The summed E-state index contributed by atoms with van der Waals surface area (Å²) in [6.45, 7) is 1.79. The zero-order chi connectivity index (χ0) is 23.7. The van der Waals surface area contributed by atoms with Crippen molar-refractivity contribution in [2.45, 2.75) is 19.5 Å². The Morgan fingerprint density at radius 3 is 2.50 bits per heavy atom. The molecule has 3 heterocycles. The number of carbonyl (C=O) groups is 2. The van der Waals surface area contributed by atoms with Crippen LogP contribution in [0.4, 0.5) is 0 Å². The molecule has 0 saturated carbocycles. The average Bonchev–Trinajstić information content (AvgIpc) is 3.57. The van der Waals surface area contributed by atoms with Crippen molar-refractivity contribution in [3.8, 4) is 11.5 Å². The molecule has 0 radical (unpaired) electrons. The molecule has 1 atom stereocenters. The fraction of sp³-hybridized carbons (Fsp3) is 0.111. The van der Waals surface area contributed by atoms with E-state index in [4.69, 9.17) is 13.6 Å². The smallest absolute Gasteiger partial charge is 0.290 e. The van der Waals surface area contributed by atoms with E-state index in [9.17, 15) is 14.7 Å². The van der Waals surface area contributed by atoms with Crippen LogP contribution in [0.15, 0.2) is 105 Å². The zero-order valence-electron chi connectivity index (χ0n) is 18.3. The molecule has 0 bridgehead atoms. The first kappa shape index (κ1) is 21.3. The maximum atomic E-state index is 13.4. The molecule has 170 valence electrons. The highest BCUT2D eigenvalue weighted by Gasteiger charge is 2.44. The Morgan fingerprint density at radius 1 is 1.00 bits per heavy atom. The standard InChI is InChI=1S/C27H21NO6/c1-17-12-13-22(33-17)25(29)23-24(28(27(31)26(23)30)16-21-11-6-14-32-21)18-7-5-10-20(15-18)34-19-8-3-2-4-9-19/h2-15,24,30H,16H2,1H3. The van der Waals surface area contributed by atoms with Gasteiger partial charge in [0.15, 0.2) is 11.5 Å². The molecular formula is C27H21NO6. The molecule has 0 saturated heterocycles. The van der Waals surface area contributed by atoms with Crippen LogP contribution in [0, 0.1) is 6.92 Å². The summed E-state index contributed by atoms with van der Waals surface area (Å²) in [5.74, 6) is 0.470. The minimum Gasteiger partial charge on any atom is -0.503 e. The Bertz CT molecular complexity index is 1370. The van der Waals surface area contributed by atoms with Gasteiger partial charge in [0.05, 0.1) is 24.4 Å². The van der Waals surface area contributed by atoms with Crippen LogP contribution in [0.2, 0.25) is 0 Å². The quantitative estimate of drug-likeness (QED) is 0.357. The number of furan rings is 2. The van der Waals surface area contributed by atoms with Gasteiger partial charge in [-0.3, -0.25) is 9.59 Å². The molecule has 7 nitrogen and oxygen atoms in total. The fourth-order valence-electron chi connectivity index (χ4n) is 4.03. The van der Waals surface area contributed by atoms with E-state index in [1.54, 1.807) is 49.4 Å². The lowest BCUT2D eigenvalue weighted by Crippen LogP contribution is -2.30. The monoisotopic (exact) mass is 455 g/mol. The number of hydrogen-bond donors (Lipinski definition) is 1. The predicted molar refractivity (Wildman–Crippen MR) is 122 cm³/mol. The molecule has 0 spiro atoms. The van der Waals surface area contributed by atoms with Gasteiger partial charge < -0.3 is 23.6 Å². The van der Waals surface area contributed by atoms with Crippen molar-refractivity contribution >= 4 is 11.7 Å². The van der Waals surface area contributed by atoms with Crippen LogP contribution in [0.1, 0.15) is 33.7 Å². The van der Waals surface area contributed by atoms with Crippen LogP contribution in [0.5, 0.6) is 11.5 Å². The van der Waals surface area contributed by atoms with Crippen LogP contribution >= 0.6 is 0 Å². The number of ketones is 1. The van der Waals surface area contributed by atoms with E-state index >= 15 is 0 Å². The Labute approximate surface area is 195 Å². The zero-order valence-corrected chi connectivity index (χ0v) is 18.3. The number of amides is 1. The van der Waals surface area contributed by atoms with Crippen molar-refractivity contribution in [3.63, 3.8) is 0 Å². The number of aliphatic hydroxyl groups excluding tert-OH is 1. The van der Waals surface area contributed by atoms with Crippen molar-refractivity contribution < 1.29 is 28.3 Å². The molecule has 2 aromatic heterocycles. The van der Waals surface area contributed by atoms with Gasteiger partial charge in [0.1, 0.15) is 23.0 Å². The van der Waals surface area contributed by atoms with Gasteiger partial charge in [0.25, 0.3) is 5.91 Å². The van der Waals surface area contributed by atoms with Gasteiger partial charge in [0.2, 0.25) is 5.78 Å². The van der Waals surface area contributed by atoms with Gasteiger partial charge in [-0.15, -0.1) is 0 Å². The summed E-state index contributed by atoms with van der Waals surface area (Å²) in [5.41, 5.74) is 0.548. The molecule has 1 unspecified atom stereocenters. The number of aliphatic hydroxyl groups is 1. The number of hydrogen-bond acceptors (Lipinski definition) is 6. The molecule has 1 aliphatic heterocycles. The third-order valence-electron chi connectivity index (χ3n) is 5.57. The summed E-state index contributed by atoms with van der Waals surface area (Å²) >= 11 is 0. The minimum absolute atomic E-state index is 0.0494. The summed E-state index contributed by atoms with van der Waals surface area (Å²) < 4.78 is 16.9. The number of para-hydroxylation sites is 1. The Morgan fingerprint density at radius 2 is 1.79 bits per heavy atom. The predicted octanol–water partition coefficient (Wildman–Crippen LogP) is 5.75. The van der Waals surface area contributed by atoms with Crippen LogP contribution in [-0.2, 0) is 11.3 Å². The van der Waals surface area contributed by atoms with E-state index in [0.29, 0.717) is 28.6 Å². The van der Waals surface area contributed by atoms with E-state index in [2.05, 4.69) is 0 Å². The summed E-state index contributed by atoms with van der Waals surface area (Å²) in [6, 6.07) is 22.1. The Balaban J connectivity index is 1.56. The molecule has 5 rings (SSSR count). The molecule has 0 fully saturated rings. The average molecular weight is 455 g/mol. The second kappa shape index (κ2) is 8.78. The van der Waals surface area contributed by atoms with Crippen molar-refractivity contribution in [1.29, 1.82) is 0 Å². The Kier molecular flexibility index (Phi) is 5.51. The van der Waals surface area contributed by atoms with Crippen molar-refractivity contribution in [1.82, 2.24) is 4.90 Å². The van der Waals surface area contributed by atoms with Gasteiger partial charge in [-0.1, -0.05) is 30.3 Å². The number of ether oxygens (including phenoxy) is 1. The molecule has 1 N–H and O–H groups in total. The van der Waals surface area contributed by atoms with Crippen LogP contribution in [0.3, 0.4) is 0 Å². The highest BCUT2D eigenvalue weighted by Crippen LogP contribution is 2.41. The van der Waals surface area contributed by atoms with Crippen molar-refractivity contribution in [3.05, 3.63) is 119 Å². The topological polar surface area (TPSA) is 93.1 Å². The van der Waals surface area contributed by atoms with E-state index < -0.39 is 23.5 Å². The first-order valence-corrected chi connectivity index (χ1v) is 10.7. The molecule has 34 heavy (non-hydrogen) atoms. The fourth-order valence-corrected chi connectivity index (χ4v) is 4.03. The molecular weight excluding hydrogens is 434 g/mol. The molecule has 7 heteroatoms. The van der Waals surface area contributed by atoms with Crippen LogP contribution in [0.25, 0.3) is 0 Å². The van der Waals surface area contributed by atoms with Gasteiger partial charge in [0, 0.05) is 0 Å². The van der Waals surface area contributed by atoms with E-state index in [0.717, 1.165) is 0 Å². The maximum Gasteiger partial charge on any atom is 0.290 e. The maximum absolute atomic E-state index is 13.4. The summed E-state index contributed by atoms with van der Waals surface area (Å²) in [4.78, 5) is 27.9. The second-order valence-electron chi connectivity index (χ2n) is 7.90. The molecule has 4 aromatic rings. The third kappa shape index (κ3) is 3.99. The SMILES string of the molecule is Cc1ccc(C(=O)C2=C(O)C(=O)N(Cc3ccco3)C2c2cccc(Oc3ccccc3)c2)o1. The Hall–Kier alpha value is -4.52. The van der Waals surface area contributed by atoms with Crippen molar-refractivity contribution in [2.24, 2.45) is 0 Å². The summed E-state index contributed by atoms with van der Waals surface area (Å²) in [5, 5.41) is 10.8. The number of Topliss-reactive ketones (excluding diaryl/α,β-unsaturated/α-hetero) is 1. The van der Waals surface area contributed by atoms with Crippen LogP contribution < -0.4 is 4.74 Å². The molecule has 1 amide bonds. The highest BCUT2D eigenvalue weighted by atomic mass is 16.5. The van der Waals surface area contributed by atoms with Crippen molar-refractivity contribution in [2.75, 3.05) is 0 Å². The number of rotatable bonds is 7. The first-order chi connectivity index (χ1) is 16.5. The van der Waals surface area contributed by atoms with Gasteiger partial charge in [-0.25, -0.2) is 0 Å². The largest absolute Gasteiger partial charge is 0.503 e. The van der Waals surface area contributed by atoms with Gasteiger partial charge in [-0.2, -0.15) is 0 Å². The normalized spacial score (nSPS) is 15.7. The minimum atomic E-state index is -0.866. The molecule has 1 aliphatic rings. The lowest BCUT2D eigenvalue weighted by Gasteiger charge is -2.26.